The number of anilines is 1. The Balaban J connectivity index is 1.56. The van der Waals surface area contributed by atoms with Crippen molar-refractivity contribution in [3.8, 4) is 0 Å². The first-order valence-electron chi connectivity index (χ1n) is 10.1. The number of H-pyrrole nitrogens is 1. The van der Waals surface area contributed by atoms with Crippen molar-refractivity contribution < 1.29 is 9.18 Å². The van der Waals surface area contributed by atoms with Crippen molar-refractivity contribution in [3.63, 3.8) is 0 Å². The van der Waals surface area contributed by atoms with E-state index in [-0.39, 0.29) is 30.1 Å². The molecule has 2 atom stereocenters. The number of thiocarbonyl (C=S) groups is 1. The van der Waals surface area contributed by atoms with Crippen molar-refractivity contribution in [2.75, 3.05) is 11.9 Å². The molecule has 1 aliphatic heterocycles. The van der Waals surface area contributed by atoms with E-state index in [2.05, 4.69) is 26.7 Å². The lowest BCUT2D eigenvalue weighted by Crippen LogP contribution is -2.32. The second-order valence-corrected chi connectivity index (χ2v) is 8.02. The van der Waals surface area contributed by atoms with Gasteiger partial charge in [-0.1, -0.05) is 18.2 Å². The fourth-order valence-electron chi connectivity index (χ4n) is 4.03. The third kappa shape index (κ3) is 4.44. The molecule has 31 heavy (non-hydrogen) atoms. The topological polar surface area (TPSA) is 73.1 Å². The number of nitrogens with one attached hydrogen (secondary N) is 3. The number of rotatable bonds is 6. The van der Waals surface area contributed by atoms with Gasteiger partial charge in [0.1, 0.15) is 5.82 Å². The van der Waals surface area contributed by atoms with Gasteiger partial charge in [-0.05, 0) is 62.0 Å². The standard InChI is InChI=1S/C23H24FN5OS/c1-14-13-16(15(2)26-14)22-21(19-9-5-6-11-25-19)28-23(31)29(22)12-10-20(30)27-18-8-4-3-7-17(18)24/h3-9,11,13,21-22,26H,10,12H2,1-2H3,(H,27,30)(H,28,31)/t21-,22-/m1/s1. The predicted molar refractivity (Wildman–Crippen MR) is 122 cm³/mol. The van der Waals surface area contributed by atoms with E-state index in [0.717, 1.165) is 22.6 Å². The summed E-state index contributed by atoms with van der Waals surface area (Å²) in [7, 11) is 0. The van der Waals surface area contributed by atoms with Crippen LogP contribution in [0.15, 0.2) is 54.7 Å². The summed E-state index contributed by atoms with van der Waals surface area (Å²) < 4.78 is 13.9. The molecule has 1 saturated heterocycles. The van der Waals surface area contributed by atoms with Crippen molar-refractivity contribution in [1.82, 2.24) is 20.2 Å². The van der Waals surface area contributed by atoms with Gasteiger partial charge < -0.3 is 20.5 Å². The smallest absolute Gasteiger partial charge is 0.226 e. The maximum atomic E-state index is 13.9. The van der Waals surface area contributed by atoms with Crippen LogP contribution in [0.2, 0.25) is 0 Å². The first-order chi connectivity index (χ1) is 14.9. The zero-order valence-electron chi connectivity index (χ0n) is 17.4. The number of aromatic amines is 1. The molecule has 3 aromatic rings. The molecular formula is C23H24FN5OS. The summed E-state index contributed by atoms with van der Waals surface area (Å²) >= 11 is 5.63. The number of hydrogen-bond donors (Lipinski definition) is 3. The summed E-state index contributed by atoms with van der Waals surface area (Å²) in [6.07, 6.45) is 1.93. The van der Waals surface area contributed by atoms with Crippen molar-refractivity contribution >= 4 is 28.9 Å². The quantitative estimate of drug-likeness (QED) is 0.505. The lowest BCUT2D eigenvalue weighted by molar-refractivity contribution is -0.116. The highest BCUT2D eigenvalue weighted by atomic mass is 32.1. The van der Waals surface area contributed by atoms with Crippen LogP contribution in [0.4, 0.5) is 10.1 Å². The normalized spacial score (nSPS) is 18.2. The molecule has 0 aliphatic carbocycles. The zero-order valence-corrected chi connectivity index (χ0v) is 18.2. The van der Waals surface area contributed by atoms with Gasteiger partial charge in [-0.3, -0.25) is 9.78 Å². The maximum absolute atomic E-state index is 13.9. The first kappa shape index (κ1) is 21.0. The molecule has 0 bridgehead atoms. The van der Waals surface area contributed by atoms with Crippen molar-refractivity contribution in [3.05, 3.63) is 83.2 Å². The molecule has 0 unspecified atom stereocenters. The Labute approximate surface area is 185 Å². The summed E-state index contributed by atoms with van der Waals surface area (Å²) in [5, 5.41) is 6.58. The van der Waals surface area contributed by atoms with E-state index in [4.69, 9.17) is 12.2 Å². The second-order valence-electron chi connectivity index (χ2n) is 7.63. The lowest BCUT2D eigenvalue weighted by Gasteiger charge is -2.27. The molecule has 0 radical (unpaired) electrons. The predicted octanol–water partition coefficient (Wildman–Crippen LogP) is 4.17. The Hall–Kier alpha value is -3.26. The summed E-state index contributed by atoms with van der Waals surface area (Å²) in [4.78, 5) is 22.4. The SMILES string of the molecule is Cc1cc([C@@H]2[C@@H](c3ccccn3)NC(=S)N2CCC(=O)Nc2ccccc2F)c(C)[nH]1. The molecule has 3 N–H and O–H groups in total. The van der Waals surface area contributed by atoms with Crippen LogP contribution in [0, 0.1) is 19.7 Å². The first-order valence-corrected chi connectivity index (χ1v) is 10.5. The molecule has 0 spiro atoms. The molecule has 160 valence electrons. The number of nitrogens with zero attached hydrogens (tertiary/aromatic N) is 2. The Morgan fingerprint density at radius 1 is 1.23 bits per heavy atom. The third-order valence-electron chi connectivity index (χ3n) is 5.43. The summed E-state index contributed by atoms with van der Waals surface area (Å²) in [5.74, 6) is -0.726. The largest absolute Gasteiger partial charge is 0.362 e. The van der Waals surface area contributed by atoms with E-state index in [1.165, 1.54) is 6.07 Å². The number of carbonyl (C=O) groups excluding carboxylic acids is 1. The van der Waals surface area contributed by atoms with E-state index < -0.39 is 5.82 Å². The van der Waals surface area contributed by atoms with Crippen LogP contribution in [0.1, 0.15) is 41.1 Å². The summed E-state index contributed by atoms with van der Waals surface area (Å²) in [6, 6.07) is 13.8. The molecule has 1 aliphatic rings. The molecule has 1 aromatic carbocycles. The molecular weight excluding hydrogens is 413 g/mol. The highest BCUT2D eigenvalue weighted by Gasteiger charge is 2.40. The van der Waals surface area contributed by atoms with Gasteiger partial charge >= 0.3 is 0 Å². The van der Waals surface area contributed by atoms with Gasteiger partial charge in [0.05, 0.1) is 23.5 Å². The molecule has 3 heterocycles. The Bertz CT molecular complexity index is 1100. The van der Waals surface area contributed by atoms with Crippen molar-refractivity contribution in [2.45, 2.75) is 32.4 Å². The van der Waals surface area contributed by atoms with E-state index in [1.807, 2.05) is 36.9 Å². The van der Waals surface area contributed by atoms with Crippen molar-refractivity contribution in [2.24, 2.45) is 0 Å². The molecule has 6 nitrogen and oxygen atoms in total. The van der Waals surface area contributed by atoms with Crippen LogP contribution in [0.3, 0.4) is 0 Å². The number of para-hydroxylation sites is 1. The fraction of sp³-hybridized carbons (Fsp3) is 0.261. The van der Waals surface area contributed by atoms with Crippen LogP contribution in [0.25, 0.3) is 0 Å². The highest BCUT2D eigenvalue weighted by Crippen LogP contribution is 2.40. The minimum absolute atomic E-state index is 0.117. The van der Waals surface area contributed by atoms with Crippen LogP contribution < -0.4 is 10.6 Å². The number of halogens is 1. The van der Waals surface area contributed by atoms with Gasteiger partial charge in [0.15, 0.2) is 5.11 Å². The maximum Gasteiger partial charge on any atom is 0.226 e. The average Bonchev–Trinajstić information content (AvgIpc) is 3.26. The lowest BCUT2D eigenvalue weighted by atomic mass is 9.96. The van der Waals surface area contributed by atoms with Crippen LogP contribution >= 0.6 is 12.2 Å². The van der Waals surface area contributed by atoms with E-state index in [0.29, 0.717) is 11.7 Å². The Morgan fingerprint density at radius 2 is 2.00 bits per heavy atom. The molecule has 8 heteroatoms. The van der Waals surface area contributed by atoms with Gasteiger partial charge in [0, 0.05) is 30.6 Å². The number of aromatic nitrogens is 2. The number of hydrogen-bond acceptors (Lipinski definition) is 3. The van der Waals surface area contributed by atoms with Crippen LogP contribution in [-0.2, 0) is 4.79 Å². The number of carbonyl (C=O) groups is 1. The number of pyridine rings is 1. The Kier molecular flexibility index (Phi) is 5.99. The van der Waals surface area contributed by atoms with Gasteiger partial charge in [-0.25, -0.2) is 4.39 Å². The summed E-state index contributed by atoms with van der Waals surface area (Å²) in [6.45, 7) is 4.44. The number of benzene rings is 1. The monoisotopic (exact) mass is 437 g/mol. The molecule has 2 aromatic heterocycles. The molecule has 4 rings (SSSR count). The highest BCUT2D eigenvalue weighted by molar-refractivity contribution is 7.80. The van der Waals surface area contributed by atoms with E-state index in [1.54, 1.807) is 24.4 Å². The number of amides is 1. The zero-order chi connectivity index (χ0) is 22.0. The third-order valence-corrected chi connectivity index (χ3v) is 5.79. The van der Waals surface area contributed by atoms with Crippen LogP contribution in [-0.4, -0.2) is 32.4 Å². The van der Waals surface area contributed by atoms with E-state index >= 15 is 0 Å². The Morgan fingerprint density at radius 3 is 2.68 bits per heavy atom. The number of aryl methyl sites for hydroxylation is 2. The minimum atomic E-state index is -0.458. The van der Waals surface area contributed by atoms with Gasteiger partial charge in [-0.15, -0.1) is 0 Å². The van der Waals surface area contributed by atoms with Gasteiger partial charge in [0.25, 0.3) is 0 Å². The molecule has 1 fully saturated rings. The molecule has 1 amide bonds. The minimum Gasteiger partial charge on any atom is -0.362 e. The second kappa shape index (κ2) is 8.85. The summed E-state index contributed by atoms with van der Waals surface area (Å²) in [5.41, 5.74) is 4.27. The van der Waals surface area contributed by atoms with Crippen molar-refractivity contribution in [1.29, 1.82) is 0 Å². The van der Waals surface area contributed by atoms with Crippen LogP contribution in [0.5, 0.6) is 0 Å². The molecule has 0 saturated carbocycles. The van der Waals surface area contributed by atoms with Gasteiger partial charge in [-0.2, -0.15) is 0 Å². The fourth-order valence-corrected chi connectivity index (χ4v) is 4.37. The average molecular weight is 438 g/mol. The van der Waals surface area contributed by atoms with Gasteiger partial charge in [0.2, 0.25) is 5.91 Å². The van der Waals surface area contributed by atoms with E-state index in [9.17, 15) is 9.18 Å².